The molecular formula is C9H16N4O2S2. The Morgan fingerprint density at radius 3 is 2.76 bits per heavy atom. The maximum atomic E-state index is 11.0. The molecule has 0 amide bonds. The van der Waals surface area contributed by atoms with Crippen LogP contribution in [0.5, 0.6) is 0 Å². The number of thioether (sulfide) groups is 1. The van der Waals surface area contributed by atoms with Crippen LogP contribution in [0.15, 0.2) is 11.1 Å². The van der Waals surface area contributed by atoms with Crippen LogP contribution in [0.25, 0.3) is 0 Å². The van der Waals surface area contributed by atoms with Crippen molar-refractivity contribution in [3.8, 4) is 0 Å². The summed E-state index contributed by atoms with van der Waals surface area (Å²) in [5.74, 6) is 1.42. The number of hydrogen-bond acceptors (Lipinski definition) is 7. The van der Waals surface area contributed by atoms with Crippen LogP contribution in [0.3, 0.4) is 0 Å². The number of hydrogen-bond donors (Lipinski definition) is 2. The highest BCUT2D eigenvalue weighted by Gasteiger charge is 2.05. The molecule has 0 radical (unpaired) electrons. The number of sulfone groups is 1. The van der Waals surface area contributed by atoms with Gasteiger partial charge in [0.1, 0.15) is 20.7 Å². The van der Waals surface area contributed by atoms with Crippen molar-refractivity contribution in [2.75, 3.05) is 35.4 Å². The lowest BCUT2D eigenvalue weighted by Crippen LogP contribution is -2.06. The minimum Gasteiger partial charge on any atom is -0.370 e. The first-order valence-electron chi connectivity index (χ1n) is 5.09. The number of nitrogens with two attached hydrogens (primary N) is 1. The van der Waals surface area contributed by atoms with E-state index in [9.17, 15) is 8.42 Å². The Hall–Kier alpha value is -1.02. The summed E-state index contributed by atoms with van der Waals surface area (Å²) >= 11 is 1.35. The van der Waals surface area contributed by atoms with Crippen LogP contribution in [0.4, 0.5) is 11.8 Å². The SMILES string of the molecule is CCNc1cc(SCCS(C)(=O)=O)nc(N)n1. The van der Waals surface area contributed by atoms with Crippen molar-refractivity contribution in [1.82, 2.24) is 9.97 Å². The van der Waals surface area contributed by atoms with Gasteiger partial charge in [0.25, 0.3) is 0 Å². The van der Waals surface area contributed by atoms with Crippen LogP contribution in [0, 0.1) is 0 Å². The molecule has 0 fully saturated rings. The van der Waals surface area contributed by atoms with Crippen molar-refractivity contribution >= 4 is 33.4 Å². The molecule has 0 spiro atoms. The molecular weight excluding hydrogens is 260 g/mol. The zero-order valence-electron chi connectivity index (χ0n) is 9.80. The standard InChI is InChI=1S/C9H16N4O2S2/c1-3-11-7-6-8(13-9(10)12-7)16-4-5-17(2,14)15/h6H,3-5H2,1-2H3,(H3,10,11,12,13). The molecule has 6 nitrogen and oxygen atoms in total. The molecule has 0 saturated heterocycles. The largest absolute Gasteiger partial charge is 0.370 e. The van der Waals surface area contributed by atoms with Gasteiger partial charge in [0.05, 0.1) is 5.75 Å². The Morgan fingerprint density at radius 1 is 1.47 bits per heavy atom. The molecule has 3 N–H and O–H groups in total. The number of nitrogens with one attached hydrogen (secondary N) is 1. The van der Waals surface area contributed by atoms with Gasteiger partial charge in [-0.1, -0.05) is 0 Å². The lowest BCUT2D eigenvalue weighted by atomic mass is 10.5. The molecule has 1 aromatic rings. The van der Waals surface area contributed by atoms with Gasteiger partial charge in [-0.15, -0.1) is 11.8 Å². The van der Waals surface area contributed by atoms with Gasteiger partial charge >= 0.3 is 0 Å². The van der Waals surface area contributed by atoms with Gasteiger partial charge in [-0.25, -0.2) is 13.4 Å². The number of anilines is 2. The van der Waals surface area contributed by atoms with Gasteiger partial charge in [-0.3, -0.25) is 0 Å². The molecule has 0 bridgehead atoms. The fraction of sp³-hybridized carbons (Fsp3) is 0.556. The Bertz CT molecular complexity index is 476. The maximum absolute atomic E-state index is 11.0. The van der Waals surface area contributed by atoms with Crippen molar-refractivity contribution in [1.29, 1.82) is 0 Å². The van der Waals surface area contributed by atoms with Crippen molar-refractivity contribution in [2.45, 2.75) is 11.9 Å². The first-order valence-corrected chi connectivity index (χ1v) is 8.14. The summed E-state index contributed by atoms with van der Waals surface area (Å²) in [6.07, 6.45) is 1.21. The van der Waals surface area contributed by atoms with E-state index in [0.717, 1.165) is 6.54 Å². The summed E-state index contributed by atoms with van der Waals surface area (Å²) in [6.45, 7) is 2.69. The van der Waals surface area contributed by atoms with Gasteiger partial charge in [-0.2, -0.15) is 4.98 Å². The molecule has 1 rings (SSSR count). The topological polar surface area (TPSA) is 98.0 Å². The number of aromatic nitrogens is 2. The molecule has 17 heavy (non-hydrogen) atoms. The predicted molar refractivity (Wildman–Crippen MR) is 71.0 cm³/mol. The minimum absolute atomic E-state index is 0.123. The summed E-state index contributed by atoms with van der Waals surface area (Å²) in [7, 11) is -2.94. The van der Waals surface area contributed by atoms with E-state index >= 15 is 0 Å². The summed E-state index contributed by atoms with van der Waals surface area (Å²) in [4.78, 5) is 8.03. The van der Waals surface area contributed by atoms with Crippen LogP contribution in [0.2, 0.25) is 0 Å². The van der Waals surface area contributed by atoms with Gasteiger partial charge in [-0.05, 0) is 6.92 Å². The highest BCUT2D eigenvalue weighted by molar-refractivity contribution is 8.00. The van der Waals surface area contributed by atoms with E-state index in [2.05, 4.69) is 15.3 Å². The molecule has 0 atom stereocenters. The Morgan fingerprint density at radius 2 is 2.18 bits per heavy atom. The monoisotopic (exact) mass is 276 g/mol. The van der Waals surface area contributed by atoms with Gasteiger partial charge < -0.3 is 11.1 Å². The molecule has 1 aromatic heterocycles. The lowest BCUT2D eigenvalue weighted by molar-refractivity contribution is 0.603. The molecule has 96 valence electrons. The molecule has 0 aliphatic heterocycles. The smallest absolute Gasteiger partial charge is 0.223 e. The number of rotatable bonds is 6. The predicted octanol–water partition coefficient (Wildman–Crippen LogP) is 0.627. The van der Waals surface area contributed by atoms with Crippen molar-refractivity contribution < 1.29 is 8.42 Å². The molecule has 0 aromatic carbocycles. The summed E-state index contributed by atoms with van der Waals surface area (Å²) in [5, 5.41) is 3.71. The highest BCUT2D eigenvalue weighted by Crippen LogP contribution is 2.19. The highest BCUT2D eigenvalue weighted by atomic mass is 32.2. The van der Waals surface area contributed by atoms with Crippen LogP contribution >= 0.6 is 11.8 Å². The summed E-state index contributed by atoms with van der Waals surface area (Å²) in [5.41, 5.74) is 5.55. The summed E-state index contributed by atoms with van der Waals surface area (Å²) < 4.78 is 21.9. The van der Waals surface area contributed by atoms with Crippen molar-refractivity contribution in [3.63, 3.8) is 0 Å². The molecule has 0 unspecified atom stereocenters. The molecule has 0 aliphatic carbocycles. The lowest BCUT2D eigenvalue weighted by Gasteiger charge is -2.06. The molecule has 0 saturated carbocycles. The quantitative estimate of drug-likeness (QED) is 0.580. The number of nitrogen functional groups attached to an aromatic ring is 1. The van der Waals surface area contributed by atoms with Crippen LogP contribution in [-0.4, -0.2) is 42.7 Å². The normalized spacial score (nSPS) is 11.4. The van der Waals surface area contributed by atoms with E-state index in [0.29, 0.717) is 16.6 Å². The van der Waals surface area contributed by atoms with E-state index in [1.807, 2.05) is 6.92 Å². The van der Waals surface area contributed by atoms with Gasteiger partial charge in [0, 0.05) is 24.6 Å². The third-order valence-corrected chi connectivity index (χ3v) is 3.90. The number of nitrogens with zero attached hydrogens (tertiary/aromatic N) is 2. The van der Waals surface area contributed by atoms with E-state index in [4.69, 9.17) is 5.73 Å². The molecule has 1 heterocycles. The molecule has 8 heteroatoms. The van der Waals surface area contributed by atoms with Crippen molar-refractivity contribution in [2.24, 2.45) is 0 Å². The van der Waals surface area contributed by atoms with E-state index in [1.54, 1.807) is 6.07 Å². The average molecular weight is 276 g/mol. The maximum Gasteiger partial charge on any atom is 0.223 e. The second-order valence-corrected chi connectivity index (χ2v) is 6.83. The third kappa shape index (κ3) is 5.73. The average Bonchev–Trinajstić information content (AvgIpc) is 2.15. The van der Waals surface area contributed by atoms with Crippen LogP contribution in [-0.2, 0) is 9.84 Å². The van der Waals surface area contributed by atoms with Crippen LogP contribution < -0.4 is 11.1 Å². The molecule has 0 aliphatic rings. The van der Waals surface area contributed by atoms with Crippen molar-refractivity contribution in [3.05, 3.63) is 6.07 Å². The van der Waals surface area contributed by atoms with E-state index in [1.165, 1.54) is 18.0 Å². The Labute approximate surface area is 105 Å². The van der Waals surface area contributed by atoms with Gasteiger partial charge in [0.15, 0.2) is 0 Å². The Balaban J connectivity index is 2.64. The van der Waals surface area contributed by atoms with E-state index in [-0.39, 0.29) is 11.7 Å². The second kappa shape index (κ2) is 6.06. The Kier molecular flexibility index (Phi) is 5.01. The van der Waals surface area contributed by atoms with Crippen LogP contribution in [0.1, 0.15) is 6.92 Å². The second-order valence-electron chi connectivity index (χ2n) is 3.46. The first-order chi connectivity index (χ1) is 7.90. The zero-order chi connectivity index (χ0) is 12.9. The fourth-order valence-electron chi connectivity index (χ4n) is 1.09. The van der Waals surface area contributed by atoms with E-state index < -0.39 is 9.84 Å². The minimum atomic E-state index is -2.94. The summed E-state index contributed by atoms with van der Waals surface area (Å²) in [6, 6.07) is 1.76. The van der Waals surface area contributed by atoms with Gasteiger partial charge in [0.2, 0.25) is 5.95 Å². The fourth-order valence-corrected chi connectivity index (χ4v) is 3.19. The third-order valence-electron chi connectivity index (χ3n) is 1.78. The zero-order valence-corrected chi connectivity index (χ0v) is 11.4. The first kappa shape index (κ1) is 14.0.